The summed E-state index contributed by atoms with van der Waals surface area (Å²) in [6.07, 6.45) is 2.59. The predicted octanol–water partition coefficient (Wildman–Crippen LogP) is 1.93. The van der Waals surface area contributed by atoms with E-state index in [4.69, 9.17) is 4.74 Å². The zero-order valence-electron chi connectivity index (χ0n) is 16.5. The first-order chi connectivity index (χ1) is 11.8. The first-order valence-electron chi connectivity index (χ1n) is 9.53. The van der Waals surface area contributed by atoms with E-state index in [0.29, 0.717) is 12.3 Å². The molecule has 2 N–H and O–H groups in total. The van der Waals surface area contributed by atoms with Crippen LogP contribution in [-0.4, -0.2) is 45.3 Å². The van der Waals surface area contributed by atoms with E-state index in [2.05, 4.69) is 64.4 Å². The van der Waals surface area contributed by atoms with Crippen molar-refractivity contribution in [1.82, 2.24) is 5.32 Å². The smallest absolute Gasteiger partial charge is 0.220 e. The molecule has 1 amide bonds. The molecular formula is C21H35N2O2+. The molecule has 2 rings (SSSR count). The molecule has 0 aromatic heterocycles. The maximum atomic E-state index is 12.5. The zero-order chi connectivity index (χ0) is 18.4. The number of carbonyl (C=O) groups excluding carboxylic acids is 1. The molecule has 0 aliphatic carbocycles. The lowest BCUT2D eigenvalue weighted by molar-refractivity contribution is -0.856. The number of carbonyl (C=O) groups is 1. The van der Waals surface area contributed by atoms with Gasteiger partial charge in [-0.1, -0.05) is 29.8 Å². The van der Waals surface area contributed by atoms with Crippen molar-refractivity contribution >= 4 is 5.91 Å². The van der Waals surface area contributed by atoms with E-state index in [1.165, 1.54) is 16.0 Å². The van der Waals surface area contributed by atoms with Crippen molar-refractivity contribution in [2.24, 2.45) is 5.92 Å². The second kappa shape index (κ2) is 8.81. The number of quaternary nitrogens is 1. The van der Waals surface area contributed by atoms with E-state index in [1.54, 1.807) is 0 Å². The average molecular weight is 348 g/mol. The minimum atomic E-state index is -0.101. The van der Waals surface area contributed by atoms with Crippen LogP contribution in [-0.2, 0) is 9.53 Å². The quantitative estimate of drug-likeness (QED) is 0.792. The summed E-state index contributed by atoms with van der Waals surface area (Å²) < 4.78 is 5.89. The molecule has 1 aliphatic heterocycles. The third kappa shape index (κ3) is 6.44. The fraction of sp³-hybridized carbons (Fsp3) is 0.667. The third-order valence-electron chi connectivity index (χ3n) is 5.16. The van der Waals surface area contributed by atoms with Crippen molar-refractivity contribution in [3.63, 3.8) is 0 Å². The molecule has 1 saturated heterocycles. The molecule has 0 unspecified atom stereocenters. The number of hydrogen-bond acceptors (Lipinski definition) is 2. The maximum Gasteiger partial charge on any atom is 0.220 e. The summed E-state index contributed by atoms with van der Waals surface area (Å²) in [7, 11) is 4.21. The largest absolute Gasteiger partial charge is 0.376 e. The predicted molar refractivity (Wildman–Crippen MR) is 102 cm³/mol. The Hall–Kier alpha value is -1.39. The Balaban J connectivity index is 2.09. The Kier molecular flexibility index (Phi) is 7.03. The maximum absolute atomic E-state index is 12.5. The SMILES string of the molecule is Cc1ccc([C@@H](CC(=O)NCC[NH+](C)C)[C@H]2CCOC(C)(C)C2)cc1. The normalized spacial score (nSPS) is 21.1. The van der Waals surface area contributed by atoms with Crippen molar-refractivity contribution in [3.05, 3.63) is 35.4 Å². The Labute approximate surface area is 152 Å². The molecule has 0 spiro atoms. The molecule has 0 saturated carbocycles. The number of rotatable bonds is 7. The molecule has 2 atom stereocenters. The summed E-state index contributed by atoms with van der Waals surface area (Å²) >= 11 is 0. The van der Waals surface area contributed by atoms with Gasteiger partial charge in [-0.3, -0.25) is 4.79 Å². The van der Waals surface area contributed by atoms with Crippen LogP contribution in [0.4, 0.5) is 0 Å². The zero-order valence-corrected chi connectivity index (χ0v) is 16.5. The van der Waals surface area contributed by atoms with Gasteiger partial charge in [-0.05, 0) is 51.0 Å². The van der Waals surface area contributed by atoms with Gasteiger partial charge in [0.2, 0.25) is 5.91 Å². The average Bonchev–Trinajstić information content (AvgIpc) is 2.52. The van der Waals surface area contributed by atoms with Gasteiger partial charge in [-0.25, -0.2) is 0 Å². The van der Waals surface area contributed by atoms with Gasteiger partial charge in [0.15, 0.2) is 0 Å². The summed E-state index contributed by atoms with van der Waals surface area (Å²) in [6.45, 7) is 8.89. The molecule has 1 fully saturated rings. The second-order valence-corrected chi connectivity index (χ2v) is 8.39. The summed E-state index contributed by atoms with van der Waals surface area (Å²) in [5.41, 5.74) is 2.44. The highest BCUT2D eigenvalue weighted by molar-refractivity contribution is 5.76. The highest BCUT2D eigenvalue weighted by atomic mass is 16.5. The Morgan fingerprint density at radius 1 is 1.32 bits per heavy atom. The van der Waals surface area contributed by atoms with Crippen LogP contribution in [0.5, 0.6) is 0 Å². The van der Waals surface area contributed by atoms with Crippen LogP contribution < -0.4 is 10.2 Å². The summed E-state index contributed by atoms with van der Waals surface area (Å²) in [5, 5.41) is 3.09. The lowest BCUT2D eigenvalue weighted by Gasteiger charge is -2.39. The number of amides is 1. The first kappa shape index (κ1) is 19.9. The topological polar surface area (TPSA) is 42.8 Å². The van der Waals surface area contributed by atoms with Gasteiger partial charge in [0.05, 0.1) is 32.8 Å². The van der Waals surface area contributed by atoms with Gasteiger partial charge in [0.1, 0.15) is 0 Å². The van der Waals surface area contributed by atoms with Crippen LogP contribution in [0, 0.1) is 12.8 Å². The van der Waals surface area contributed by atoms with Gasteiger partial charge >= 0.3 is 0 Å². The molecule has 1 aliphatic rings. The number of benzene rings is 1. The molecule has 4 heteroatoms. The van der Waals surface area contributed by atoms with Crippen LogP contribution in [0.15, 0.2) is 24.3 Å². The third-order valence-corrected chi connectivity index (χ3v) is 5.16. The van der Waals surface area contributed by atoms with Crippen molar-refractivity contribution in [2.45, 2.75) is 51.6 Å². The van der Waals surface area contributed by atoms with Crippen LogP contribution in [0.1, 0.15) is 50.2 Å². The molecule has 4 nitrogen and oxygen atoms in total. The van der Waals surface area contributed by atoms with Gasteiger partial charge in [-0.15, -0.1) is 0 Å². The van der Waals surface area contributed by atoms with Gasteiger partial charge in [-0.2, -0.15) is 0 Å². The number of likely N-dealkylation sites (N-methyl/N-ethyl adjacent to an activating group) is 1. The standard InChI is InChI=1S/C21H34N2O2/c1-16-6-8-17(9-7-16)19(14-20(24)22-11-12-23(4)5)18-10-13-25-21(2,3)15-18/h6-9,18-19H,10-15H2,1-5H3,(H,22,24)/p+1/t18-,19+/m0/s1. The van der Waals surface area contributed by atoms with Crippen LogP contribution >= 0.6 is 0 Å². The fourth-order valence-electron chi connectivity index (χ4n) is 3.72. The number of ether oxygens (including phenoxy) is 1. The highest BCUT2D eigenvalue weighted by Crippen LogP contribution is 2.40. The van der Waals surface area contributed by atoms with E-state index in [9.17, 15) is 4.79 Å². The number of aryl methyl sites for hydroxylation is 1. The highest BCUT2D eigenvalue weighted by Gasteiger charge is 2.35. The van der Waals surface area contributed by atoms with E-state index in [1.807, 2.05) is 0 Å². The minimum absolute atomic E-state index is 0.101. The Morgan fingerprint density at radius 3 is 2.60 bits per heavy atom. The summed E-state index contributed by atoms with van der Waals surface area (Å²) in [6, 6.07) is 8.69. The van der Waals surface area contributed by atoms with Gasteiger partial charge in [0.25, 0.3) is 0 Å². The molecule has 140 valence electrons. The van der Waals surface area contributed by atoms with Crippen LogP contribution in [0.25, 0.3) is 0 Å². The number of hydrogen-bond donors (Lipinski definition) is 2. The van der Waals surface area contributed by atoms with Crippen LogP contribution in [0.2, 0.25) is 0 Å². The molecule has 25 heavy (non-hydrogen) atoms. The Morgan fingerprint density at radius 2 is 2.00 bits per heavy atom. The Bertz CT molecular complexity index is 552. The van der Waals surface area contributed by atoms with E-state index in [-0.39, 0.29) is 17.4 Å². The van der Waals surface area contributed by atoms with Crippen molar-refractivity contribution < 1.29 is 14.4 Å². The van der Waals surface area contributed by atoms with Crippen molar-refractivity contribution in [1.29, 1.82) is 0 Å². The van der Waals surface area contributed by atoms with E-state index < -0.39 is 0 Å². The molecule has 0 bridgehead atoms. The fourth-order valence-corrected chi connectivity index (χ4v) is 3.72. The van der Waals surface area contributed by atoms with Crippen molar-refractivity contribution in [3.8, 4) is 0 Å². The molecule has 0 radical (unpaired) electrons. The lowest BCUT2D eigenvalue weighted by Crippen LogP contribution is -3.06. The van der Waals surface area contributed by atoms with E-state index in [0.717, 1.165) is 32.5 Å². The molecule has 1 aromatic carbocycles. The second-order valence-electron chi connectivity index (χ2n) is 8.39. The van der Waals surface area contributed by atoms with Crippen molar-refractivity contribution in [2.75, 3.05) is 33.8 Å². The van der Waals surface area contributed by atoms with E-state index >= 15 is 0 Å². The number of nitrogens with one attached hydrogen (secondary N) is 2. The van der Waals surface area contributed by atoms with Crippen LogP contribution in [0.3, 0.4) is 0 Å². The lowest BCUT2D eigenvalue weighted by atomic mass is 9.75. The molecule has 1 aromatic rings. The van der Waals surface area contributed by atoms with Gasteiger partial charge in [0, 0.05) is 13.0 Å². The first-order valence-corrected chi connectivity index (χ1v) is 9.53. The summed E-state index contributed by atoms with van der Waals surface area (Å²) in [4.78, 5) is 13.9. The monoisotopic (exact) mass is 347 g/mol. The van der Waals surface area contributed by atoms with Gasteiger partial charge < -0.3 is 15.0 Å². The summed E-state index contributed by atoms with van der Waals surface area (Å²) in [5.74, 6) is 0.906. The minimum Gasteiger partial charge on any atom is -0.376 e. The molecule has 1 heterocycles. The molecular weight excluding hydrogens is 312 g/mol.